The zero-order chi connectivity index (χ0) is 15.0. The summed E-state index contributed by atoms with van der Waals surface area (Å²) in [5.41, 5.74) is 0.118. The van der Waals surface area contributed by atoms with Gasteiger partial charge in [0.1, 0.15) is 0 Å². The van der Waals surface area contributed by atoms with Crippen LogP contribution in [0.15, 0.2) is 17.5 Å². The molecule has 116 valence electrons. The summed E-state index contributed by atoms with van der Waals surface area (Å²) in [7, 11) is 1.45. The van der Waals surface area contributed by atoms with Crippen LogP contribution in [-0.2, 0) is 14.3 Å². The Hall–Kier alpha value is -0.910. The normalized spacial score (nSPS) is 31.3. The molecule has 2 heterocycles. The molecular formula is C16H23NO3S. The number of methoxy groups -OCH3 is 1. The quantitative estimate of drug-likeness (QED) is 0.850. The fourth-order valence-electron chi connectivity index (χ4n) is 3.86. The average molecular weight is 309 g/mol. The highest BCUT2D eigenvalue weighted by Crippen LogP contribution is 2.52. The van der Waals surface area contributed by atoms with E-state index < -0.39 is 0 Å². The lowest BCUT2D eigenvalue weighted by atomic mass is 9.57. The van der Waals surface area contributed by atoms with Gasteiger partial charge in [-0.1, -0.05) is 19.9 Å². The Kier molecular flexibility index (Phi) is 4.08. The number of esters is 1. The average Bonchev–Trinajstić information content (AvgIpc) is 3.12. The summed E-state index contributed by atoms with van der Waals surface area (Å²) in [6.07, 6.45) is 1.85. The molecule has 2 aliphatic rings. The van der Waals surface area contributed by atoms with Crippen LogP contribution in [0, 0.1) is 11.3 Å². The Balaban J connectivity index is 1.74. The van der Waals surface area contributed by atoms with E-state index in [-0.39, 0.29) is 17.4 Å². The topological polar surface area (TPSA) is 47.6 Å². The maximum atomic E-state index is 11.7. The Morgan fingerprint density at radius 1 is 1.62 bits per heavy atom. The maximum Gasteiger partial charge on any atom is 0.307 e. The Morgan fingerprint density at radius 2 is 2.43 bits per heavy atom. The number of rotatable bonds is 5. The molecule has 21 heavy (non-hydrogen) atoms. The second-order valence-electron chi connectivity index (χ2n) is 6.56. The molecule has 1 aliphatic carbocycles. The number of nitrogens with one attached hydrogen (secondary N) is 1. The van der Waals surface area contributed by atoms with Crippen LogP contribution in [0.1, 0.15) is 37.6 Å². The third-order valence-corrected chi connectivity index (χ3v) is 5.95. The first kappa shape index (κ1) is 15.0. The number of carbonyl (C=O) groups is 1. The minimum absolute atomic E-state index is 0.0308. The van der Waals surface area contributed by atoms with Gasteiger partial charge < -0.3 is 14.8 Å². The number of carbonyl (C=O) groups excluding carboxylic acids is 1. The molecule has 1 aromatic heterocycles. The Labute approximate surface area is 129 Å². The van der Waals surface area contributed by atoms with E-state index in [4.69, 9.17) is 9.47 Å². The predicted molar refractivity (Wildman–Crippen MR) is 82.2 cm³/mol. The third kappa shape index (κ3) is 2.62. The molecule has 0 aromatic carbocycles. The molecule has 4 nitrogen and oxygen atoms in total. The van der Waals surface area contributed by atoms with Crippen LogP contribution in [0.3, 0.4) is 0 Å². The van der Waals surface area contributed by atoms with E-state index in [1.54, 1.807) is 11.3 Å². The van der Waals surface area contributed by atoms with Crippen molar-refractivity contribution in [2.24, 2.45) is 11.3 Å². The second kappa shape index (κ2) is 5.71. The molecule has 1 saturated carbocycles. The van der Waals surface area contributed by atoms with Gasteiger partial charge >= 0.3 is 5.97 Å². The molecule has 3 rings (SSSR count). The summed E-state index contributed by atoms with van der Waals surface area (Å²) in [5.74, 6) is 0.400. The number of hydrogen-bond donors (Lipinski definition) is 1. The van der Waals surface area contributed by atoms with Crippen molar-refractivity contribution in [3.05, 3.63) is 22.4 Å². The van der Waals surface area contributed by atoms with Gasteiger partial charge in [-0.3, -0.25) is 4.79 Å². The number of hydrogen-bond acceptors (Lipinski definition) is 5. The molecule has 1 aliphatic heterocycles. The molecule has 4 unspecified atom stereocenters. The van der Waals surface area contributed by atoms with E-state index in [0.717, 1.165) is 13.0 Å². The van der Waals surface area contributed by atoms with Crippen molar-refractivity contribution in [1.82, 2.24) is 5.32 Å². The van der Waals surface area contributed by atoms with Gasteiger partial charge in [0.15, 0.2) is 0 Å². The van der Waals surface area contributed by atoms with Crippen LogP contribution in [0.5, 0.6) is 0 Å². The zero-order valence-corrected chi connectivity index (χ0v) is 13.6. The molecular weight excluding hydrogens is 286 g/mol. The monoisotopic (exact) mass is 309 g/mol. The number of thiophene rings is 1. The van der Waals surface area contributed by atoms with E-state index in [1.165, 1.54) is 12.0 Å². The van der Waals surface area contributed by atoms with Crippen molar-refractivity contribution in [3.63, 3.8) is 0 Å². The van der Waals surface area contributed by atoms with Gasteiger partial charge in [-0.05, 0) is 17.9 Å². The minimum Gasteiger partial charge on any atom is -0.469 e. The lowest BCUT2D eigenvalue weighted by molar-refractivity contribution is -0.142. The SMILES string of the molecule is COC(=O)CC(NC1C2CCOC2C1(C)C)c1cccs1. The summed E-state index contributed by atoms with van der Waals surface area (Å²) in [6.45, 7) is 5.36. The van der Waals surface area contributed by atoms with Crippen molar-refractivity contribution in [2.45, 2.75) is 44.9 Å². The molecule has 4 atom stereocenters. The molecule has 0 bridgehead atoms. The molecule has 0 spiro atoms. The van der Waals surface area contributed by atoms with Gasteiger partial charge in [-0.25, -0.2) is 0 Å². The van der Waals surface area contributed by atoms with Gasteiger partial charge in [0, 0.05) is 28.9 Å². The summed E-state index contributed by atoms with van der Waals surface area (Å²) in [6, 6.07) is 4.53. The maximum absolute atomic E-state index is 11.7. The van der Waals surface area contributed by atoms with Gasteiger partial charge in [0.05, 0.1) is 25.7 Å². The minimum atomic E-state index is -0.169. The summed E-state index contributed by atoms with van der Waals surface area (Å²) < 4.78 is 10.7. The van der Waals surface area contributed by atoms with Crippen molar-refractivity contribution in [1.29, 1.82) is 0 Å². The molecule has 1 N–H and O–H groups in total. The van der Waals surface area contributed by atoms with Gasteiger partial charge in [0.2, 0.25) is 0 Å². The zero-order valence-electron chi connectivity index (χ0n) is 12.8. The molecule has 0 radical (unpaired) electrons. The van der Waals surface area contributed by atoms with Crippen LogP contribution in [0.2, 0.25) is 0 Å². The lowest BCUT2D eigenvalue weighted by Crippen LogP contribution is -2.66. The van der Waals surface area contributed by atoms with Crippen LogP contribution in [0.4, 0.5) is 0 Å². The Morgan fingerprint density at radius 3 is 3.10 bits per heavy atom. The number of ether oxygens (including phenoxy) is 2. The highest BCUT2D eigenvalue weighted by atomic mass is 32.1. The van der Waals surface area contributed by atoms with Crippen LogP contribution < -0.4 is 5.32 Å². The Bertz CT molecular complexity index is 500. The van der Waals surface area contributed by atoms with Crippen molar-refractivity contribution in [3.8, 4) is 0 Å². The number of fused-ring (bicyclic) bond motifs is 1. The highest BCUT2D eigenvalue weighted by molar-refractivity contribution is 7.10. The molecule has 1 saturated heterocycles. The summed E-state index contributed by atoms with van der Waals surface area (Å²) in [5, 5.41) is 5.76. The molecule has 5 heteroatoms. The van der Waals surface area contributed by atoms with Crippen LogP contribution in [-0.4, -0.2) is 31.8 Å². The van der Waals surface area contributed by atoms with Gasteiger partial charge in [-0.2, -0.15) is 0 Å². The van der Waals surface area contributed by atoms with Crippen molar-refractivity contribution < 1.29 is 14.3 Å². The van der Waals surface area contributed by atoms with Gasteiger partial charge in [-0.15, -0.1) is 11.3 Å². The van der Waals surface area contributed by atoms with E-state index in [2.05, 4.69) is 30.6 Å². The van der Waals surface area contributed by atoms with E-state index in [9.17, 15) is 4.79 Å². The standard InChI is InChI=1S/C16H23NO3S/c1-16(2)14(10-6-7-20-15(10)16)17-11(9-13(18)19-3)12-5-4-8-21-12/h4-5,8,10-11,14-15,17H,6-7,9H2,1-3H3. The van der Waals surface area contributed by atoms with E-state index in [0.29, 0.717) is 24.5 Å². The predicted octanol–water partition coefficient (Wildman–Crippen LogP) is 2.76. The fourth-order valence-corrected chi connectivity index (χ4v) is 4.65. The van der Waals surface area contributed by atoms with Crippen LogP contribution >= 0.6 is 11.3 Å². The third-order valence-electron chi connectivity index (χ3n) is 4.97. The largest absolute Gasteiger partial charge is 0.469 e. The summed E-state index contributed by atoms with van der Waals surface area (Å²) >= 11 is 1.68. The van der Waals surface area contributed by atoms with Crippen LogP contribution in [0.25, 0.3) is 0 Å². The molecule has 2 fully saturated rings. The lowest BCUT2D eigenvalue weighted by Gasteiger charge is -2.55. The fraction of sp³-hybridized carbons (Fsp3) is 0.688. The van der Waals surface area contributed by atoms with Gasteiger partial charge in [0.25, 0.3) is 0 Å². The van der Waals surface area contributed by atoms with Crippen molar-refractivity contribution >= 4 is 17.3 Å². The first-order chi connectivity index (χ1) is 10.0. The highest BCUT2D eigenvalue weighted by Gasteiger charge is 2.59. The van der Waals surface area contributed by atoms with E-state index >= 15 is 0 Å². The van der Waals surface area contributed by atoms with Crippen molar-refractivity contribution in [2.75, 3.05) is 13.7 Å². The molecule has 1 aromatic rings. The summed E-state index contributed by atoms with van der Waals surface area (Å²) in [4.78, 5) is 12.9. The first-order valence-electron chi connectivity index (χ1n) is 7.52. The van der Waals surface area contributed by atoms with E-state index in [1.807, 2.05) is 6.07 Å². The molecule has 0 amide bonds. The first-order valence-corrected chi connectivity index (χ1v) is 8.40. The smallest absolute Gasteiger partial charge is 0.307 e. The second-order valence-corrected chi connectivity index (χ2v) is 7.54.